The lowest BCUT2D eigenvalue weighted by atomic mass is 10.0. The summed E-state index contributed by atoms with van der Waals surface area (Å²) < 4.78 is 5.90. The molecule has 0 bridgehead atoms. The quantitative estimate of drug-likeness (QED) is 0.774. The Morgan fingerprint density at radius 1 is 1.09 bits per heavy atom. The van der Waals surface area contributed by atoms with Crippen molar-refractivity contribution in [3.05, 3.63) is 53.3 Å². The van der Waals surface area contributed by atoms with Crippen LogP contribution in [0.4, 0.5) is 5.88 Å². The highest BCUT2D eigenvalue weighted by Crippen LogP contribution is 2.25. The Balaban J connectivity index is 1.82. The first kappa shape index (κ1) is 14.5. The number of hydrogen-bond donors (Lipinski definition) is 0. The Morgan fingerprint density at radius 3 is 2.50 bits per heavy atom. The average Bonchev–Trinajstić information content (AvgIpc) is 3.03. The smallest absolute Gasteiger partial charge is 0.196 e. The third-order valence-corrected chi connectivity index (χ3v) is 4.05. The largest absolute Gasteiger partial charge is 0.441 e. The molecule has 0 radical (unpaired) electrons. The van der Waals surface area contributed by atoms with Gasteiger partial charge in [0.2, 0.25) is 0 Å². The Hall–Kier alpha value is -2.47. The number of nitriles is 1. The third kappa shape index (κ3) is 3.23. The molecule has 1 aromatic heterocycles. The van der Waals surface area contributed by atoms with Crippen LogP contribution in [-0.4, -0.2) is 13.1 Å². The molecule has 1 aliphatic rings. The van der Waals surface area contributed by atoms with Crippen molar-refractivity contribution in [3.63, 3.8) is 0 Å². The van der Waals surface area contributed by atoms with Crippen LogP contribution in [-0.2, 0) is 0 Å². The molecule has 1 fully saturated rings. The van der Waals surface area contributed by atoms with E-state index in [1.165, 1.54) is 24.8 Å². The summed E-state index contributed by atoms with van der Waals surface area (Å²) in [6, 6.07) is 14.2. The van der Waals surface area contributed by atoms with Crippen molar-refractivity contribution in [2.24, 2.45) is 0 Å². The van der Waals surface area contributed by atoms with E-state index in [1.807, 2.05) is 49.4 Å². The number of furan rings is 1. The summed E-state index contributed by atoms with van der Waals surface area (Å²) in [6.07, 6.45) is 5.56. The van der Waals surface area contributed by atoms with Gasteiger partial charge in [-0.3, -0.25) is 0 Å². The van der Waals surface area contributed by atoms with E-state index in [0.717, 1.165) is 30.3 Å². The molecule has 1 aliphatic heterocycles. The molecule has 3 nitrogen and oxygen atoms in total. The molecule has 3 rings (SSSR count). The lowest BCUT2D eigenvalue weighted by Gasteiger charge is -2.25. The lowest BCUT2D eigenvalue weighted by molar-refractivity contribution is 0.496. The second-order valence-corrected chi connectivity index (χ2v) is 5.76. The van der Waals surface area contributed by atoms with Crippen molar-refractivity contribution in [1.82, 2.24) is 0 Å². The molecule has 0 amide bonds. The Labute approximate surface area is 131 Å². The molecule has 0 spiro atoms. The van der Waals surface area contributed by atoms with Gasteiger partial charge in [-0.2, -0.15) is 5.26 Å². The molecule has 0 N–H and O–H groups in total. The van der Waals surface area contributed by atoms with E-state index in [0.29, 0.717) is 5.57 Å². The van der Waals surface area contributed by atoms with Crippen molar-refractivity contribution in [2.45, 2.75) is 26.2 Å². The van der Waals surface area contributed by atoms with Gasteiger partial charge in [-0.25, -0.2) is 0 Å². The Kier molecular flexibility index (Phi) is 4.29. The van der Waals surface area contributed by atoms with E-state index < -0.39 is 0 Å². The molecule has 2 heterocycles. The van der Waals surface area contributed by atoms with Crippen molar-refractivity contribution in [1.29, 1.82) is 5.26 Å². The van der Waals surface area contributed by atoms with Gasteiger partial charge in [0.1, 0.15) is 5.76 Å². The van der Waals surface area contributed by atoms with E-state index in [9.17, 15) is 5.26 Å². The van der Waals surface area contributed by atoms with Crippen molar-refractivity contribution < 1.29 is 4.42 Å². The van der Waals surface area contributed by atoms with E-state index in [2.05, 4.69) is 11.0 Å². The maximum atomic E-state index is 9.40. The normalized spacial score (nSPS) is 15.6. The number of nitrogens with zero attached hydrogens (tertiary/aromatic N) is 2. The molecule has 1 saturated heterocycles. The van der Waals surface area contributed by atoms with Gasteiger partial charge >= 0.3 is 0 Å². The third-order valence-electron chi connectivity index (χ3n) is 4.05. The summed E-state index contributed by atoms with van der Waals surface area (Å²) >= 11 is 0. The van der Waals surface area contributed by atoms with E-state index in [1.54, 1.807) is 0 Å². The first-order valence-electron chi connectivity index (χ1n) is 7.80. The molecular weight excluding hydrogens is 272 g/mol. The van der Waals surface area contributed by atoms with Crippen LogP contribution in [0.2, 0.25) is 0 Å². The molecule has 0 saturated carbocycles. The summed E-state index contributed by atoms with van der Waals surface area (Å²) in [5, 5.41) is 9.40. The van der Waals surface area contributed by atoms with E-state index >= 15 is 0 Å². The van der Waals surface area contributed by atoms with Crippen molar-refractivity contribution in [2.75, 3.05) is 18.0 Å². The van der Waals surface area contributed by atoms with Gasteiger partial charge < -0.3 is 9.32 Å². The lowest BCUT2D eigenvalue weighted by Crippen LogP contribution is -2.28. The minimum absolute atomic E-state index is 0.625. The number of aryl methyl sites for hydroxylation is 1. The number of hydrogen-bond acceptors (Lipinski definition) is 3. The maximum absolute atomic E-state index is 9.40. The van der Waals surface area contributed by atoms with Crippen LogP contribution in [0.15, 0.2) is 40.8 Å². The molecule has 112 valence electrons. The summed E-state index contributed by atoms with van der Waals surface area (Å²) in [5.41, 5.74) is 2.73. The highest BCUT2D eigenvalue weighted by Gasteiger charge is 2.14. The molecular formula is C19H20N2O. The van der Waals surface area contributed by atoms with Gasteiger partial charge in [0.15, 0.2) is 5.88 Å². The van der Waals surface area contributed by atoms with Gasteiger partial charge in [-0.1, -0.05) is 29.8 Å². The standard InChI is InChI=1S/C19H20N2O/c1-15-5-7-16(8-6-15)17(14-20)13-18-9-10-19(22-18)21-11-3-2-4-12-21/h5-10,13H,2-4,11-12H2,1H3/b17-13-. The van der Waals surface area contributed by atoms with Crippen LogP contribution < -0.4 is 4.90 Å². The fourth-order valence-electron chi connectivity index (χ4n) is 2.76. The number of benzene rings is 1. The van der Waals surface area contributed by atoms with E-state index in [4.69, 9.17) is 4.42 Å². The van der Waals surface area contributed by atoms with Crippen LogP contribution in [0, 0.1) is 18.3 Å². The summed E-state index contributed by atoms with van der Waals surface area (Å²) in [4.78, 5) is 2.28. The fraction of sp³-hybridized carbons (Fsp3) is 0.316. The predicted octanol–water partition coefficient (Wildman–Crippen LogP) is 4.64. The minimum atomic E-state index is 0.625. The second kappa shape index (κ2) is 6.53. The maximum Gasteiger partial charge on any atom is 0.196 e. The van der Waals surface area contributed by atoms with Gasteiger partial charge in [0.05, 0.1) is 11.6 Å². The Morgan fingerprint density at radius 2 is 1.82 bits per heavy atom. The first-order valence-corrected chi connectivity index (χ1v) is 7.80. The molecule has 0 unspecified atom stereocenters. The Bertz CT molecular complexity index is 698. The van der Waals surface area contributed by atoms with Gasteiger partial charge in [-0.15, -0.1) is 0 Å². The topological polar surface area (TPSA) is 40.2 Å². The van der Waals surface area contributed by atoms with Crippen LogP contribution in [0.25, 0.3) is 11.6 Å². The predicted molar refractivity (Wildman–Crippen MR) is 89.4 cm³/mol. The minimum Gasteiger partial charge on any atom is -0.441 e. The molecule has 1 aromatic carbocycles. The number of piperidine rings is 1. The molecule has 22 heavy (non-hydrogen) atoms. The monoisotopic (exact) mass is 292 g/mol. The van der Waals surface area contributed by atoms with Gasteiger partial charge in [0.25, 0.3) is 0 Å². The summed E-state index contributed by atoms with van der Waals surface area (Å²) in [5.74, 6) is 1.64. The molecule has 0 aliphatic carbocycles. The van der Waals surface area contributed by atoms with Crippen LogP contribution in [0.1, 0.15) is 36.1 Å². The van der Waals surface area contributed by atoms with Crippen molar-refractivity contribution in [3.8, 4) is 6.07 Å². The SMILES string of the molecule is Cc1ccc(/C(C#N)=C\c2ccc(N3CCCCC3)o2)cc1. The van der Waals surface area contributed by atoms with Crippen LogP contribution in [0.5, 0.6) is 0 Å². The molecule has 0 atom stereocenters. The van der Waals surface area contributed by atoms with Gasteiger partial charge in [0, 0.05) is 19.2 Å². The number of rotatable bonds is 3. The van der Waals surface area contributed by atoms with Crippen LogP contribution in [0.3, 0.4) is 0 Å². The zero-order valence-corrected chi connectivity index (χ0v) is 12.9. The fourth-order valence-corrected chi connectivity index (χ4v) is 2.76. The average molecular weight is 292 g/mol. The molecule has 3 heteroatoms. The summed E-state index contributed by atoms with van der Waals surface area (Å²) in [6.45, 7) is 4.15. The van der Waals surface area contributed by atoms with Crippen molar-refractivity contribution >= 4 is 17.5 Å². The zero-order chi connectivity index (χ0) is 15.4. The number of allylic oxidation sites excluding steroid dienone is 1. The number of anilines is 1. The van der Waals surface area contributed by atoms with Crippen LogP contribution >= 0.6 is 0 Å². The summed E-state index contributed by atoms with van der Waals surface area (Å²) in [7, 11) is 0. The highest BCUT2D eigenvalue weighted by atomic mass is 16.4. The van der Waals surface area contributed by atoms with E-state index in [-0.39, 0.29) is 0 Å². The highest BCUT2D eigenvalue weighted by molar-refractivity contribution is 5.88. The first-order chi connectivity index (χ1) is 10.8. The second-order valence-electron chi connectivity index (χ2n) is 5.76. The molecule has 2 aromatic rings. The van der Waals surface area contributed by atoms with Gasteiger partial charge in [-0.05, 0) is 43.9 Å². The zero-order valence-electron chi connectivity index (χ0n) is 12.9.